The molecular formula is C14H11ClFNO2. The van der Waals surface area contributed by atoms with Crippen LogP contribution in [0, 0.1) is 12.7 Å². The number of carbonyl (C=O) groups is 1. The molecule has 0 radical (unpaired) electrons. The van der Waals surface area contributed by atoms with E-state index in [1.54, 1.807) is 19.1 Å². The van der Waals surface area contributed by atoms with E-state index >= 15 is 0 Å². The summed E-state index contributed by atoms with van der Waals surface area (Å²) < 4.78 is 13.2. The van der Waals surface area contributed by atoms with E-state index in [0.717, 1.165) is 6.07 Å². The Morgan fingerprint density at radius 3 is 2.63 bits per heavy atom. The molecule has 2 aromatic carbocycles. The minimum Gasteiger partial charge on any atom is -0.508 e. The van der Waals surface area contributed by atoms with Gasteiger partial charge < -0.3 is 10.4 Å². The quantitative estimate of drug-likeness (QED) is 0.880. The summed E-state index contributed by atoms with van der Waals surface area (Å²) in [6, 6.07) is 8.56. The first-order valence-electron chi connectivity index (χ1n) is 5.53. The highest BCUT2D eigenvalue weighted by molar-refractivity contribution is 6.30. The van der Waals surface area contributed by atoms with Crippen LogP contribution in [0.4, 0.5) is 10.1 Å². The highest BCUT2D eigenvalue weighted by atomic mass is 35.5. The maximum absolute atomic E-state index is 13.2. The second-order valence-electron chi connectivity index (χ2n) is 4.08. The first kappa shape index (κ1) is 13.4. The SMILES string of the molecule is Cc1ccc(C(=O)Nc2ccc(Cl)c(F)c2)cc1O. The molecule has 0 aliphatic carbocycles. The lowest BCUT2D eigenvalue weighted by atomic mass is 10.1. The van der Waals surface area contributed by atoms with Crippen LogP contribution in [0.25, 0.3) is 0 Å². The van der Waals surface area contributed by atoms with Crippen molar-refractivity contribution in [2.75, 3.05) is 5.32 Å². The Hall–Kier alpha value is -2.07. The second-order valence-corrected chi connectivity index (χ2v) is 4.49. The van der Waals surface area contributed by atoms with Crippen LogP contribution in [0.3, 0.4) is 0 Å². The van der Waals surface area contributed by atoms with E-state index in [1.165, 1.54) is 18.2 Å². The van der Waals surface area contributed by atoms with E-state index in [0.29, 0.717) is 16.8 Å². The van der Waals surface area contributed by atoms with Crippen LogP contribution in [0.2, 0.25) is 5.02 Å². The molecule has 0 aliphatic rings. The standard InChI is InChI=1S/C14H11ClFNO2/c1-8-2-3-9(6-13(8)18)14(19)17-10-4-5-11(15)12(16)7-10/h2-7,18H,1H3,(H,17,19). The van der Waals surface area contributed by atoms with Crippen molar-refractivity contribution in [3.8, 4) is 5.75 Å². The number of phenolic OH excluding ortho intramolecular Hbond substituents is 1. The summed E-state index contributed by atoms with van der Waals surface area (Å²) in [4.78, 5) is 11.9. The van der Waals surface area contributed by atoms with Crippen molar-refractivity contribution >= 4 is 23.2 Å². The lowest BCUT2D eigenvalue weighted by Gasteiger charge is -2.07. The van der Waals surface area contributed by atoms with Crippen molar-refractivity contribution < 1.29 is 14.3 Å². The van der Waals surface area contributed by atoms with Gasteiger partial charge in [0.15, 0.2) is 0 Å². The number of carbonyl (C=O) groups excluding carboxylic acids is 1. The average Bonchev–Trinajstić information content (AvgIpc) is 2.37. The summed E-state index contributed by atoms with van der Waals surface area (Å²) in [5.74, 6) is -1.00. The van der Waals surface area contributed by atoms with Gasteiger partial charge in [0.05, 0.1) is 5.02 Å². The van der Waals surface area contributed by atoms with Crippen LogP contribution in [0.1, 0.15) is 15.9 Å². The van der Waals surface area contributed by atoms with Gasteiger partial charge in [-0.05, 0) is 42.8 Å². The molecule has 0 aliphatic heterocycles. The van der Waals surface area contributed by atoms with Crippen LogP contribution < -0.4 is 5.32 Å². The number of hydrogen-bond acceptors (Lipinski definition) is 2. The zero-order valence-corrected chi connectivity index (χ0v) is 10.8. The summed E-state index contributed by atoms with van der Waals surface area (Å²) in [5, 5.41) is 12.1. The first-order valence-corrected chi connectivity index (χ1v) is 5.91. The molecule has 3 nitrogen and oxygen atoms in total. The molecule has 2 rings (SSSR count). The molecule has 98 valence electrons. The molecule has 0 bridgehead atoms. The number of rotatable bonds is 2. The fourth-order valence-electron chi connectivity index (χ4n) is 1.53. The minimum absolute atomic E-state index is 0.00835. The third kappa shape index (κ3) is 3.03. The van der Waals surface area contributed by atoms with Gasteiger partial charge in [-0.1, -0.05) is 17.7 Å². The average molecular weight is 280 g/mol. The van der Waals surface area contributed by atoms with Crippen molar-refractivity contribution in [3.63, 3.8) is 0 Å². The Morgan fingerprint density at radius 1 is 1.26 bits per heavy atom. The Balaban J connectivity index is 2.20. The number of anilines is 1. The Bertz CT molecular complexity index is 643. The Morgan fingerprint density at radius 2 is 2.00 bits per heavy atom. The topological polar surface area (TPSA) is 49.3 Å². The van der Waals surface area contributed by atoms with Gasteiger partial charge in [-0.15, -0.1) is 0 Å². The minimum atomic E-state index is -0.605. The van der Waals surface area contributed by atoms with E-state index in [2.05, 4.69) is 5.32 Å². The molecule has 19 heavy (non-hydrogen) atoms. The smallest absolute Gasteiger partial charge is 0.255 e. The van der Waals surface area contributed by atoms with Gasteiger partial charge in [0.2, 0.25) is 0 Å². The normalized spacial score (nSPS) is 10.3. The van der Waals surface area contributed by atoms with E-state index in [-0.39, 0.29) is 10.8 Å². The molecule has 0 atom stereocenters. The highest BCUT2D eigenvalue weighted by Crippen LogP contribution is 2.21. The molecule has 2 N–H and O–H groups in total. The third-order valence-corrected chi connectivity index (χ3v) is 2.96. The number of hydrogen-bond donors (Lipinski definition) is 2. The van der Waals surface area contributed by atoms with E-state index < -0.39 is 11.7 Å². The zero-order chi connectivity index (χ0) is 14.0. The highest BCUT2D eigenvalue weighted by Gasteiger charge is 2.09. The summed E-state index contributed by atoms with van der Waals surface area (Å²) in [6.07, 6.45) is 0. The molecule has 1 amide bonds. The Kier molecular flexibility index (Phi) is 3.71. The molecule has 0 fully saturated rings. The fraction of sp³-hybridized carbons (Fsp3) is 0.0714. The maximum atomic E-state index is 13.2. The maximum Gasteiger partial charge on any atom is 0.255 e. The second kappa shape index (κ2) is 5.28. The molecule has 0 aromatic heterocycles. The van der Waals surface area contributed by atoms with Gasteiger partial charge in [0.25, 0.3) is 5.91 Å². The molecule has 0 unspecified atom stereocenters. The van der Waals surface area contributed by atoms with Crippen molar-refractivity contribution in [1.29, 1.82) is 0 Å². The third-order valence-electron chi connectivity index (χ3n) is 2.65. The van der Waals surface area contributed by atoms with Gasteiger partial charge in [-0.2, -0.15) is 0 Å². The number of benzene rings is 2. The molecule has 5 heteroatoms. The lowest BCUT2D eigenvalue weighted by Crippen LogP contribution is -2.12. The number of aromatic hydroxyl groups is 1. The monoisotopic (exact) mass is 279 g/mol. The summed E-state index contributed by atoms with van der Waals surface area (Å²) >= 11 is 5.55. The van der Waals surface area contributed by atoms with Gasteiger partial charge >= 0.3 is 0 Å². The van der Waals surface area contributed by atoms with Crippen LogP contribution in [-0.2, 0) is 0 Å². The summed E-state index contributed by atoms with van der Waals surface area (Å²) in [6.45, 7) is 1.73. The van der Waals surface area contributed by atoms with E-state index in [4.69, 9.17) is 11.6 Å². The summed E-state index contributed by atoms with van der Waals surface area (Å²) in [5.41, 5.74) is 1.26. The van der Waals surface area contributed by atoms with Crippen molar-refractivity contribution in [2.45, 2.75) is 6.92 Å². The molecule has 0 spiro atoms. The predicted octanol–water partition coefficient (Wildman–Crippen LogP) is 3.75. The number of phenols is 1. The van der Waals surface area contributed by atoms with Crippen molar-refractivity contribution in [1.82, 2.24) is 0 Å². The molecular weight excluding hydrogens is 269 g/mol. The fourth-order valence-corrected chi connectivity index (χ4v) is 1.65. The number of amides is 1. The van der Waals surface area contributed by atoms with E-state index in [1.807, 2.05) is 0 Å². The van der Waals surface area contributed by atoms with Crippen molar-refractivity contribution in [2.24, 2.45) is 0 Å². The largest absolute Gasteiger partial charge is 0.508 e. The molecule has 0 saturated heterocycles. The Labute approximate surface area is 114 Å². The predicted molar refractivity (Wildman–Crippen MR) is 72.2 cm³/mol. The van der Waals surface area contributed by atoms with Crippen molar-refractivity contribution in [3.05, 3.63) is 58.4 Å². The van der Waals surface area contributed by atoms with Crippen LogP contribution >= 0.6 is 11.6 Å². The van der Waals surface area contributed by atoms with Gasteiger partial charge in [0, 0.05) is 11.3 Å². The van der Waals surface area contributed by atoms with Crippen LogP contribution in [-0.4, -0.2) is 11.0 Å². The number of nitrogens with one attached hydrogen (secondary N) is 1. The number of halogens is 2. The lowest BCUT2D eigenvalue weighted by molar-refractivity contribution is 0.102. The zero-order valence-electron chi connectivity index (χ0n) is 10.1. The molecule has 2 aromatic rings. The number of aryl methyl sites for hydroxylation is 1. The molecule has 0 heterocycles. The van der Waals surface area contributed by atoms with Crippen LogP contribution in [0.5, 0.6) is 5.75 Å². The van der Waals surface area contributed by atoms with Gasteiger partial charge in [0.1, 0.15) is 11.6 Å². The summed E-state index contributed by atoms with van der Waals surface area (Å²) in [7, 11) is 0. The van der Waals surface area contributed by atoms with E-state index in [9.17, 15) is 14.3 Å². The van der Waals surface area contributed by atoms with Gasteiger partial charge in [-0.25, -0.2) is 4.39 Å². The molecule has 0 saturated carbocycles. The van der Waals surface area contributed by atoms with Gasteiger partial charge in [-0.3, -0.25) is 4.79 Å². The first-order chi connectivity index (χ1) is 8.97. The van der Waals surface area contributed by atoms with Crippen LogP contribution in [0.15, 0.2) is 36.4 Å².